The first kappa shape index (κ1) is 13.4. The predicted molar refractivity (Wildman–Crippen MR) is 74.3 cm³/mol. The fourth-order valence-electron chi connectivity index (χ4n) is 1.98. The van der Waals surface area contributed by atoms with Crippen LogP contribution in [0.1, 0.15) is 19.3 Å². The third-order valence-corrected chi connectivity index (χ3v) is 3.12. The predicted octanol–water partition coefficient (Wildman–Crippen LogP) is 1.59. The van der Waals surface area contributed by atoms with Crippen molar-refractivity contribution in [3.8, 4) is 6.07 Å². The first-order valence-electron chi connectivity index (χ1n) is 6.45. The molecule has 3 N–H and O–H groups in total. The number of nitrogens with one attached hydrogen (secondary N) is 1. The highest BCUT2D eigenvalue weighted by atomic mass is 16.2. The molecule has 0 aromatic heterocycles. The van der Waals surface area contributed by atoms with Gasteiger partial charge in [0.25, 0.3) is 0 Å². The van der Waals surface area contributed by atoms with E-state index in [4.69, 9.17) is 11.0 Å². The number of hydrogen-bond donors (Lipinski definition) is 2. The van der Waals surface area contributed by atoms with Crippen LogP contribution in [0.4, 0.5) is 11.4 Å². The summed E-state index contributed by atoms with van der Waals surface area (Å²) in [5, 5.41) is 11.5. The number of nitriles is 1. The molecule has 5 heteroatoms. The Bertz CT molecular complexity index is 473. The molecule has 100 valence electrons. The monoisotopic (exact) mass is 258 g/mol. The highest BCUT2D eigenvalue weighted by molar-refractivity contribution is 5.92. The number of nitrogens with two attached hydrogens (primary N) is 1. The quantitative estimate of drug-likeness (QED) is 0.759. The molecular formula is C14H18N4O. The molecule has 0 bridgehead atoms. The molecule has 1 aliphatic rings. The van der Waals surface area contributed by atoms with Crippen LogP contribution in [0.2, 0.25) is 0 Å². The molecule has 0 saturated heterocycles. The van der Waals surface area contributed by atoms with Crippen molar-refractivity contribution in [1.29, 1.82) is 5.26 Å². The van der Waals surface area contributed by atoms with Crippen molar-refractivity contribution in [1.82, 2.24) is 4.90 Å². The van der Waals surface area contributed by atoms with E-state index in [9.17, 15) is 4.79 Å². The molecule has 1 aromatic carbocycles. The smallest absolute Gasteiger partial charge is 0.238 e. The number of nitrogens with zero attached hydrogens (tertiary/aromatic N) is 2. The number of carbonyl (C=O) groups excluding carboxylic acids is 1. The SMILES string of the molecule is N#CCCN(CC(=O)Nc1ccc(N)cc1)C1CC1. The Hall–Kier alpha value is -2.06. The Morgan fingerprint density at radius 3 is 2.68 bits per heavy atom. The van der Waals surface area contributed by atoms with Gasteiger partial charge in [-0.25, -0.2) is 0 Å². The first-order valence-corrected chi connectivity index (χ1v) is 6.45. The maximum absolute atomic E-state index is 11.9. The van der Waals surface area contributed by atoms with E-state index in [0.29, 0.717) is 31.2 Å². The summed E-state index contributed by atoms with van der Waals surface area (Å²) >= 11 is 0. The summed E-state index contributed by atoms with van der Waals surface area (Å²) < 4.78 is 0. The van der Waals surface area contributed by atoms with Crippen LogP contribution in [0.3, 0.4) is 0 Å². The van der Waals surface area contributed by atoms with E-state index in [1.165, 1.54) is 0 Å². The van der Waals surface area contributed by atoms with Gasteiger partial charge >= 0.3 is 0 Å². The van der Waals surface area contributed by atoms with Crippen molar-refractivity contribution < 1.29 is 4.79 Å². The summed E-state index contributed by atoms with van der Waals surface area (Å²) in [6, 6.07) is 9.67. The lowest BCUT2D eigenvalue weighted by Crippen LogP contribution is -2.35. The Kier molecular flexibility index (Phi) is 4.37. The molecule has 0 unspecified atom stereocenters. The van der Waals surface area contributed by atoms with E-state index in [1.807, 2.05) is 0 Å². The lowest BCUT2D eigenvalue weighted by Gasteiger charge is -2.19. The van der Waals surface area contributed by atoms with Crippen LogP contribution < -0.4 is 11.1 Å². The van der Waals surface area contributed by atoms with Crippen molar-refractivity contribution in [2.75, 3.05) is 24.1 Å². The molecule has 0 radical (unpaired) electrons. The van der Waals surface area contributed by atoms with E-state index >= 15 is 0 Å². The Labute approximate surface area is 113 Å². The second kappa shape index (κ2) is 6.21. The molecule has 2 rings (SSSR count). The Balaban J connectivity index is 1.85. The largest absolute Gasteiger partial charge is 0.399 e. The molecule has 1 amide bonds. The molecule has 0 aliphatic heterocycles. The van der Waals surface area contributed by atoms with Crippen LogP contribution in [0, 0.1) is 11.3 Å². The molecule has 0 spiro atoms. The maximum atomic E-state index is 11.9. The molecular weight excluding hydrogens is 240 g/mol. The van der Waals surface area contributed by atoms with Crippen molar-refractivity contribution in [3.05, 3.63) is 24.3 Å². The van der Waals surface area contributed by atoms with Gasteiger partial charge in [-0.15, -0.1) is 0 Å². The van der Waals surface area contributed by atoms with Crippen LogP contribution in [0.15, 0.2) is 24.3 Å². The maximum Gasteiger partial charge on any atom is 0.238 e. The van der Waals surface area contributed by atoms with Gasteiger partial charge in [-0.05, 0) is 37.1 Å². The van der Waals surface area contributed by atoms with Gasteiger partial charge in [0, 0.05) is 30.4 Å². The number of benzene rings is 1. The average molecular weight is 258 g/mol. The summed E-state index contributed by atoms with van der Waals surface area (Å²) in [7, 11) is 0. The molecule has 1 aromatic rings. The highest BCUT2D eigenvalue weighted by Crippen LogP contribution is 2.26. The molecule has 1 saturated carbocycles. The summed E-state index contributed by atoms with van der Waals surface area (Å²) in [5.74, 6) is -0.0467. The molecule has 5 nitrogen and oxygen atoms in total. The van der Waals surface area contributed by atoms with E-state index in [0.717, 1.165) is 18.5 Å². The fraction of sp³-hybridized carbons (Fsp3) is 0.429. The molecule has 1 aliphatic carbocycles. The zero-order valence-corrected chi connectivity index (χ0v) is 10.8. The zero-order valence-electron chi connectivity index (χ0n) is 10.8. The second-order valence-corrected chi connectivity index (χ2v) is 4.78. The number of anilines is 2. The van der Waals surface area contributed by atoms with E-state index < -0.39 is 0 Å². The molecule has 19 heavy (non-hydrogen) atoms. The lowest BCUT2D eigenvalue weighted by atomic mass is 10.3. The van der Waals surface area contributed by atoms with Gasteiger partial charge in [-0.2, -0.15) is 5.26 Å². The van der Waals surface area contributed by atoms with E-state index in [2.05, 4.69) is 16.3 Å². The van der Waals surface area contributed by atoms with Gasteiger partial charge in [-0.1, -0.05) is 0 Å². The summed E-state index contributed by atoms with van der Waals surface area (Å²) in [6.45, 7) is 1.01. The number of carbonyl (C=O) groups is 1. The van der Waals surface area contributed by atoms with Gasteiger partial charge in [-0.3, -0.25) is 9.69 Å². The highest BCUT2D eigenvalue weighted by Gasteiger charge is 2.29. The number of amides is 1. The van der Waals surface area contributed by atoms with Crippen molar-refractivity contribution in [2.45, 2.75) is 25.3 Å². The second-order valence-electron chi connectivity index (χ2n) is 4.78. The number of rotatable bonds is 6. The van der Waals surface area contributed by atoms with Crippen LogP contribution in [-0.4, -0.2) is 29.9 Å². The zero-order chi connectivity index (χ0) is 13.7. The van der Waals surface area contributed by atoms with Gasteiger partial charge < -0.3 is 11.1 Å². The van der Waals surface area contributed by atoms with Gasteiger partial charge in [0.15, 0.2) is 0 Å². The lowest BCUT2D eigenvalue weighted by molar-refractivity contribution is -0.117. The standard InChI is InChI=1S/C14H18N4O/c15-8-1-9-18(13-6-7-13)10-14(19)17-12-4-2-11(16)3-5-12/h2-5,13H,1,6-7,9-10,16H2,(H,17,19). The van der Waals surface area contributed by atoms with Crippen LogP contribution >= 0.6 is 0 Å². The molecule has 1 fully saturated rings. The minimum absolute atomic E-state index is 0.0467. The summed E-state index contributed by atoms with van der Waals surface area (Å²) in [4.78, 5) is 14.0. The molecule has 0 atom stereocenters. The Morgan fingerprint density at radius 1 is 1.42 bits per heavy atom. The van der Waals surface area contributed by atoms with Crippen molar-refractivity contribution in [2.24, 2.45) is 0 Å². The van der Waals surface area contributed by atoms with Crippen LogP contribution in [0.25, 0.3) is 0 Å². The third kappa shape index (κ3) is 4.27. The Morgan fingerprint density at radius 2 is 2.11 bits per heavy atom. The minimum Gasteiger partial charge on any atom is -0.399 e. The summed E-state index contributed by atoms with van der Waals surface area (Å²) in [5.41, 5.74) is 7.01. The van der Waals surface area contributed by atoms with Gasteiger partial charge in [0.05, 0.1) is 12.6 Å². The van der Waals surface area contributed by atoms with Gasteiger partial charge in [0.2, 0.25) is 5.91 Å². The summed E-state index contributed by atoms with van der Waals surface area (Å²) in [6.07, 6.45) is 2.72. The normalized spacial score (nSPS) is 14.1. The van der Waals surface area contributed by atoms with Crippen LogP contribution in [-0.2, 0) is 4.79 Å². The number of nitrogen functional groups attached to an aromatic ring is 1. The first-order chi connectivity index (χ1) is 9.19. The minimum atomic E-state index is -0.0467. The topological polar surface area (TPSA) is 82.2 Å². The number of hydrogen-bond acceptors (Lipinski definition) is 4. The van der Waals surface area contributed by atoms with Crippen molar-refractivity contribution >= 4 is 17.3 Å². The third-order valence-electron chi connectivity index (χ3n) is 3.12. The average Bonchev–Trinajstić information content (AvgIpc) is 3.21. The van der Waals surface area contributed by atoms with E-state index in [-0.39, 0.29) is 5.91 Å². The molecule has 0 heterocycles. The van der Waals surface area contributed by atoms with Crippen LogP contribution in [0.5, 0.6) is 0 Å². The fourth-order valence-corrected chi connectivity index (χ4v) is 1.98. The van der Waals surface area contributed by atoms with E-state index in [1.54, 1.807) is 24.3 Å². The van der Waals surface area contributed by atoms with Crippen molar-refractivity contribution in [3.63, 3.8) is 0 Å². The van der Waals surface area contributed by atoms with Gasteiger partial charge in [0.1, 0.15) is 0 Å².